The van der Waals surface area contributed by atoms with Crippen LogP contribution in [0.1, 0.15) is 81.2 Å². The van der Waals surface area contributed by atoms with Crippen LogP contribution in [0.25, 0.3) is 16.5 Å². The van der Waals surface area contributed by atoms with Crippen molar-refractivity contribution in [2.24, 2.45) is 0 Å². The van der Waals surface area contributed by atoms with Gasteiger partial charge in [-0.25, -0.2) is 4.85 Å². The fraction of sp³-hybridized carbons (Fsp3) is 0.423. The maximum atomic E-state index is 7.26. The molecule has 2 aromatic rings. The van der Waals surface area contributed by atoms with Crippen molar-refractivity contribution in [2.75, 3.05) is 0 Å². The van der Waals surface area contributed by atoms with Crippen molar-refractivity contribution in [1.82, 2.24) is 0 Å². The van der Waals surface area contributed by atoms with Gasteiger partial charge in [0.15, 0.2) is 5.69 Å². The highest BCUT2D eigenvalue weighted by molar-refractivity contribution is 5.84. The summed E-state index contributed by atoms with van der Waals surface area (Å²) >= 11 is 0. The molecule has 4 rings (SSSR count). The van der Waals surface area contributed by atoms with Gasteiger partial charge in [-0.15, -0.1) is 0 Å². The predicted molar refractivity (Wildman–Crippen MR) is 115 cm³/mol. The van der Waals surface area contributed by atoms with Crippen LogP contribution in [0.4, 0.5) is 5.69 Å². The number of benzene rings is 2. The maximum Gasteiger partial charge on any atom is 0.187 e. The van der Waals surface area contributed by atoms with Crippen molar-refractivity contribution < 1.29 is 0 Å². The molecule has 0 heterocycles. The normalized spacial score (nSPS) is 21.2. The van der Waals surface area contributed by atoms with E-state index in [1.54, 1.807) is 0 Å². The van der Waals surface area contributed by atoms with Crippen molar-refractivity contribution in [3.8, 4) is 0 Å². The molecule has 0 unspecified atom stereocenters. The average Bonchev–Trinajstić information content (AvgIpc) is 2.65. The minimum absolute atomic E-state index is 0.244. The van der Waals surface area contributed by atoms with E-state index in [2.05, 4.69) is 68.9 Å². The van der Waals surface area contributed by atoms with E-state index in [0.29, 0.717) is 0 Å². The van der Waals surface area contributed by atoms with Crippen molar-refractivity contribution >= 4 is 17.3 Å². The Morgan fingerprint density at radius 2 is 1.63 bits per heavy atom. The number of hydrogen-bond acceptors (Lipinski definition) is 0. The Hall–Kier alpha value is -2.33. The second kappa shape index (κ2) is 6.38. The predicted octanol–water partition coefficient (Wildman–Crippen LogP) is 7.46. The molecule has 0 atom stereocenters. The quantitative estimate of drug-likeness (QED) is 0.467. The maximum absolute atomic E-state index is 7.26. The van der Waals surface area contributed by atoms with E-state index in [-0.39, 0.29) is 10.8 Å². The van der Waals surface area contributed by atoms with Crippen LogP contribution >= 0.6 is 0 Å². The Balaban J connectivity index is 1.78. The molecule has 1 heteroatoms. The molecule has 0 fully saturated rings. The van der Waals surface area contributed by atoms with E-state index >= 15 is 0 Å². The number of hydrogen-bond donors (Lipinski definition) is 0. The molecular formula is C26H29N. The lowest BCUT2D eigenvalue weighted by atomic mass is 9.63. The lowest BCUT2D eigenvalue weighted by Crippen LogP contribution is -2.33. The highest BCUT2D eigenvalue weighted by atomic mass is 14.6. The Morgan fingerprint density at radius 1 is 0.889 bits per heavy atom. The molecule has 0 spiro atoms. The molecule has 0 aromatic heterocycles. The molecule has 0 radical (unpaired) electrons. The summed E-state index contributed by atoms with van der Waals surface area (Å²) in [4.78, 5) is 3.60. The monoisotopic (exact) mass is 355 g/mol. The Morgan fingerprint density at radius 3 is 2.37 bits per heavy atom. The molecule has 0 saturated carbocycles. The summed E-state index contributed by atoms with van der Waals surface area (Å²) in [5.41, 5.74) is 9.72. The van der Waals surface area contributed by atoms with E-state index in [1.807, 2.05) is 6.07 Å². The molecule has 0 amide bonds. The highest BCUT2D eigenvalue weighted by Crippen LogP contribution is 2.46. The second-order valence-electron chi connectivity index (χ2n) is 9.55. The number of rotatable bonds is 1. The first-order valence-electron chi connectivity index (χ1n) is 10.2. The Kier molecular flexibility index (Phi) is 4.26. The van der Waals surface area contributed by atoms with Gasteiger partial charge in [-0.3, -0.25) is 0 Å². The zero-order chi connectivity index (χ0) is 19.2. The topological polar surface area (TPSA) is 4.36 Å². The third-order valence-electron chi connectivity index (χ3n) is 6.67. The van der Waals surface area contributed by atoms with Gasteiger partial charge in [0.2, 0.25) is 0 Å². The van der Waals surface area contributed by atoms with Crippen molar-refractivity contribution in [3.05, 3.63) is 75.6 Å². The van der Waals surface area contributed by atoms with Crippen LogP contribution in [0.3, 0.4) is 0 Å². The van der Waals surface area contributed by atoms with Crippen LogP contribution in [-0.4, -0.2) is 0 Å². The van der Waals surface area contributed by atoms with Crippen LogP contribution < -0.4 is 0 Å². The summed E-state index contributed by atoms with van der Waals surface area (Å²) in [6.07, 6.45) is 8.26. The molecule has 2 aliphatic carbocycles. The van der Waals surface area contributed by atoms with E-state index in [1.165, 1.54) is 52.7 Å². The first-order chi connectivity index (χ1) is 12.8. The number of allylic oxidation sites excluding steroid dienone is 1. The van der Waals surface area contributed by atoms with Crippen LogP contribution in [0.2, 0.25) is 0 Å². The number of nitrogens with zero attached hydrogens (tertiary/aromatic N) is 1. The molecule has 0 saturated heterocycles. The fourth-order valence-electron chi connectivity index (χ4n) is 4.82. The second-order valence-corrected chi connectivity index (χ2v) is 9.55. The van der Waals surface area contributed by atoms with Gasteiger partial charge < -0.3 is 0 Å². The average molecular weight is 356 g/mol. The van der Waals surface area contributed by atoms with Crippen molar-refractivity contribution in [3.63, 3.8) is 0 Å². The van der Waals surface area contributed by atoms with Gasteiger partial charge in [-0.1, -0.05) is 75.7 Å². The van der Waals surface area contributed by atoms with Crippen LogP contribution in [0.15, 0.2) is 36.4 Å². The minimum Gasteiger partial charge on any atom is -0.238 e. The van der Waals surface area contributed by atoms with Crippen molar-refractivity contribution in [1.29, 1.82) is 0 Å². The Labute approximate surface area is 163 Å². The summed E-state index contributed by atoms with van der Waals surface area (Å²) in [6.45, 7) is 16.8. The zero-order valence-electron chi connectivity index (χ0n) is 17.0. The van der Waals surface area contributed by atoms with Gasteiger partial charge in [0.05, 0.1) is 6.57 Å². The highest BCUT2D eigenvalue weighted by Gasteiger charge is 2.36. The van der Waals surface area contributed by atoms with Gasteiger partial charge in [-0.05, 0) is 70.8 Å². The minimum atomic E-state index is 0.244. The molecule has 0 N–H and O–H groups in total. The van der Waals surface area contributed by atoms with Crippen molar-refractivity contribution in [2.45, 2.75) is 70.6 Å². The van der Waals surface area contributed by atoms with Crippen LogP contribution in [0, 0.1) is 6.57 Å². The molecule has 0 aliphatic heterocycles. The summed E-state index contributed by atoms with van der Waals surface area (Å²) in [6, 6.07) is 13.3. The summed E-state index contributed by atoms with van der Waals surface area (Å²) in [5, 5.41) is 0. The standard InChI is InChI=1S/C26H29N/c1-25(2)13-14-26(3,4)24-16-18(9-12-23(24)25)15-19-7-6-8-20-17-21(27-5)10-11-22(19)20/h9-12,15-17H,6-8,13-14H2,1-4H3. The first kappa shape index (κ1) is 18.1. The van der Waals surface area contributed by atoms with Gasteiger partial charge in [0, 0.05) is 0 Å². The van der Waals surface area contributed by atoms with Crippen LogP contribution in [0.5, 0.6) is 0 Å². The van der Waals surface area contributed by atoms with Gasteiger partial charge in [0.1, 0.15) is 0 Å². The third kappa shape index (κ3) is 3.23. The number of aryl methyl sites for hydroxylation is 1. The summed E-state index contributed by atoms with van der Waals surface area (Å²) in [7, 11) is 0. The molecular weight excluding hydrogens is 326 g/mol. The van der Waals surface area contributed by atoms with E-state index in [0.717, 1.165) is 18.5 Å². The van der Waals surface area contributed by atoms with E-state index in [4.69, 9.17) is 6.57 Å². The number of fused-ring (bicyclic) bond motifs is 2. The first-order valence-corrected chi connectivity index (χ1v) is 10.2. The molecule has 2 aromatic carbocycles. The Bertz CT molecular complexity index is 966. The molecule has 0 bridgehead atoms. The van der Waals surface area contributed by atoms with E-state index < -0.39 is 0 Å². The summed E-state index contributed by atoms with van der Waals surface area (Å²) < 4.78 is 0. The van der Waals surface area contributed by atoms with Gasteiger partial charge in [-0.2, -0.15) is 0 Å². The van der Waals surface area contributed by atoms with Gasteiger partial charge >= 0.3 is 0 Å². The fourth-order valence-corrected chi connectivity index (χ4v) is 4.82. The third-order valence-corrected chi connectivity index (χ3v) is 6.67. The molecule has 138 valence electrons. The molecule has 2 aliphatic rings. The molecule has 1 nitrogen and oxygen atoms in total. The zero-order valence-corrected chi connectivity index (χ0v) is 17.0. The smallest absolute Gasteiger partial charge is 0.187 e. The largest absolute Gasteiger partial charge is 0.238 e. The SMILES string of the molecule is [C-]#[N+]c1ccc2c(c1)CCCC2=Cc1ccc2c(c1)C(C)(C)CCC2(C)C. The van der Waals surface area contributed by atoms with Crippen LogP contribution in [-0.2, 0) is 17.3 Å². The molecule has 27 heavy (non-hydrogen) atoms. The van der Waals surface area contributed by atoms with Gasteiger partial charge in [0.25, 0.3) is 0 Å². The summed E-state index contributed by atoms with van der Waals surface area (Å²) in [5.74, 6) is 0. The van der Waals surface area contributed by atoms with E-state index in [9.17, 15) is 0 Å². The lowest BCUT2D eigenvalue weighted by Gasteiger charge is -2.42. The lowest BCUT2D eigenvalue weighted by molar-refractivity contribution is 0.332.